The molecule has 2 aromatic rings. The highest BCUT2D eigenvalue weighted by atomic mass is 79.9. The maximum Gasteiger partial charge on any atom is 0.336 e. The van der Waals surface area contributed by atoms with Gasteiger partial charge < -0.3 is 10.4 Å². The molecule has 0 spiro atoms. The first kappa shape index (κ1) is 15.2. The summed E-state index contributed by atoms with van der Waals surface area (Å²) in [6.07, 6.45) is 0. The monoisotopic (exact) mass is 351 g/mol. The van der Waals surface area contributed by atoms with Crippen LogP contribution >= 0.6 is 15.9 Å². The van der Waals surface area contributed by atoms with Crippen LogP contribution in [0, 0.1) is 12.7 Å². The summed E-state index contributed by atoms with van der Waals surface area (Å²) in [6, 6.07) is 8.41. The number of carbonyl (C=O) groups excluding carboxylic acids is 1. The maximum atomic E-state index is 13.3. The van der Waals surface area contributed by atoms with Crippen LogP contribution in [0.3, 0.4) is 0 Å². The predicted molar refractivity (Wildman–Crippen MR) is 80.2 cm³/mol. The van der Waals surface area contributed by atoms with Gasteiger partial charge in [0.2, 0.25) is 0 Å². The second-order valence-corrected chi connectivity index (χ2v) is 5.31. The number of anilines is 1. The first-order chi connectivity index (χ1) is 9.88. The minimum atomic E-state index is -1.07. The number of halogens is 2. The number of aromatic carboxylic acids is 1. The number of amides is 1. The Hall–Kier alpha value is -2.21. The van der Waals surface area contributed by atoms with Gasteiger partial charge in [-0.1, -0.05) is 22.0 Å². The van der Waals surface area contributed by atoms with E-state index in [1.165, 1.54) is 24.3 Å². The van der Waals surface area contributed by atoms with E-state index in [0.29, 0.717) is 15.7 Å². The fourth-order valence-electron chi connectivity index (χ4n) is 1.88. The Labute approximate surface area is 128 Å². The first-order valence-electron chi connectivity index (χ1n) is 5.99. The van der Waals surface area contributed by atoms with E-state index in [2.05, 4.69) is 21.2 Å². The van der Waals surface area contributed by atoms with Gasteiger partial charge in [0, 0.05) is 15.7 Å². The number of hydrogen-bond acceptors (Lipinski definition) is 2. The molecule has 0 saturated carbocycles. The average molecular weight is 352 g/mol. The van der Waals surface area contributed by atoms with Crippen LogP contribution in [0.1, 0.15) is 26.3 Å². The summed E-state index contributed by atoms with van der Waals surface area (Å²) in [6.45, 7) is 1.60. The Balaban J connectivity index is 2.32. The Kier molecular flexibility index (Phi) is 4.37. The third-order valence-electron chi connectivity index (χ3n) is 2.94. The zero-order chi connectivity index (χ0) is 15.6. The highest BCUT2D eigenvalue weighted by Crippen LogP contribution is 2.21. The minimum Gasteiger partial charge on any atom is -0.478 e. The molecule has 0 aliphatic heterocycles. The predicted octanol–water partition coefficient (Wildman–Crippen LogP) is 3.85. The number of carboxylic acids is 1. The summed E-state index contributed by atoms with van der Waals surface area (Å²) < 4.78 is 13.7. The van der Waals surface area contributed by atoms with Crippen molar-refractivity contribution < 1.29 is 19.1 Å². The molecule has 0 heterocycles. The van der Waals surface area contributed by atoms with Crippen LogP contribution in [0.25, 0.3) is 0 Å². The molecule has 0 aromatic heterocycles. The van der Waals surface area contributed by atoms with Gasteiger partial charge in [-0.3, -0.25) is 4.79 Å². The summed E-state index contributed by atoms with van der Waals surface area (Å²) >= 11 is 3.11. The lowest BCUT2D eigenvalue weighted by atomic mass is 10.1. The molecule has 4 nitrogen and oxygen atoms in total. The van der Waals surface area contributed by atoms with E-state index in [9.17, 15) is 14.0 Å². The van der Waals surface area contributed by atoms with E-state index in [1.807, 2.05) is 0 Å². The Morgan fingerprint density at radius 3 is 2.57 bits per heavy atom. The lowest BCUT2D eigenvalue weighted by molar-refractivity contribution is 0.0695. The molecule has 108 valence electrons. The summed E-state index contributed by atoms with van der Waals surface area (Å²) in [5.41, 5.74) is 1.06. The second-order valence-electron chi connectivity index (χ2n) is 4.40. The number of benzene rings is 2. The molecular formula is C15H11BrFNO3. The first-order valence-corrected chi connectivity index (χ1v) is 6.78. The molecule has 0 radical (unpaired) electrons. The van der Waals surface area contributed by atoms with Gasteiger partial charge in [-0.05, 0) is 42.8 Å². The second kappa shape index (κ2) is 6.05. The summed E-state index contributed by atoms with van der Waals surface area (Å²) in [4.78, 5) is 23.2. The van der Waals surface area contributed by atoms with Gasteiger partial charge >= 0.3 is 5.97 Å². The summed E-state index contributed by atoms with van der Waals surface area (Å²) in [5.74, 6) is -2.12. The third kappa shape index (κ3) is 3.46. The molecule has 0 bridgehead atoms. The van der Waals surface area contributed by atoms with Crippen molar-refractivity contribution in [2.24, 2.45) is 0 Å². The van der Waals surface area contributed by atoms with Gasteiger partial charge in [-0.25, -0.2) is 9.18 Å². The summed E-state index contributed by atoms with van der Waals surface area (Å²) in [7, 11) is 0. The lowest BCUT2D eigenvalue weighted by Gasteiger charge is -2.10. The van der Waals surface area contributed by atoms with Crippen LogP contribution in [0.5, 0.6) is 0 Å². The SMILES string of the molecule is Cc1c(NC(=O)c2cc(F)cc(Br)c2)cccc1C(=O)O. The van der Waals surface area contributed by atoms with E-state index < -0.39 is 17.7 Å². The van der Waals surface area contributed by atoms with E-state index in [0.717, 1.165) is 6.07 Å². The zero-order valence-corrected chi connectivity index (χ0v) is 12.6. The molecule has 6 heteroatoms. The van der Waals surface area contributed by atoms with Crippen LogP contribution in [-0.2, 0) is 0 Å². The van der Waals surface area contributed by atoms with Crippen molar-refractivity contribution in [3.8, 4) is 0 Å². The van der Waals surface area contributed by atoms with Gasteiger partial charge in [0.1, 0.15) is 5.82 Å². The lowest BCUT2D eigenvalue weighted by Crippen LogP contribution is -2.14. The molecule has 0 fully saturated rings. The van der Waals surface area contributed by atoms with Crippen LogP contribution in [-0.4, -0.2) is 17.0 Å². The molecule has 2 rings (SSSR count). The number of hydrogen-bond donors (Lipinski definition) is 2. The molecular weight excluding hydrogens is 341 g/mol. The highest BCUT2D eigenvalue weighted by Gasteiger charge is 2.13. The van der Waals surface area contributed by atoms with Crippen molar-refractivity contribution in [1.82, 2.24) is 0 Å². The molecule has 1 amide bonds. The topological polar surface area (TPSA) is 66.4 Å². The van der Waals surface area contributed by atoms with Crippen molar-refractivity contribution in [2.45, 2.75) is 6.92 Å². The highest BCUT2D eigenvalue weighted by molar-refractivity contribution is 9.10. The van der Waals surface area contributed by atoms with Crippen molar-refractivity contribution in [3.05, 3.63) is 63.4 Å². The van der Waals surface area contributed by atoms with Crippen LogP contribution in [0.4, 0.5) is 10.1 Å². The van der Waals surface area contributed by atoms with Gasteiger partial charge in [0.05, 0.1) is 5.56 Å². The summed E-state index contributed by atoms with van der Waals surface area (Å²) in [5, 5.41) is 11.6. The van der Waals surface area contributed by atoms with Crippen molar-refractivity contribution in [2.75, 3.05) is 5.32 Å². The van der Waals surface area contributed by atoms with Crippen molar-refractivity contribution in [1.29, 1.82) is 0 Å². The number of carboxylic acid groups (broad SMARTS) is 1. The smallest absolute Gasteiger partial charge is 0.336 e. The van der Waals surface area contributed by atoms with Gasteiger partial charge in [0.15, 0.2) is 0 Å². The fraction of sp³-hybridized carbons (Fsp3) is 0.0667. The quantitative estimate of drug-likeness (QED) is 0.882. The number of carbonyl (C=O) groups is 2. The van der Waals surface area contributed by atoms with Gasteiger partial charge in [-0.15, -0.1) is 0 Å². The van der Waals surface area contributed by atoms with E-state index in [-0.39, 0.29) is 11.1 Å². The Bertz CT molecular complexity index is 711. The molecule has 2 aromatic carbocycles. The van der Waals surface area contributed by atoms with E-state index >= 15 is 0 Å². The van der Waals surface area contributed by atoms with Crippen molar-refractivity contribution in [3.63, 3.8) is 0 Å². The molecule has 0 unspecified atom stereocenters. The maximum absolute atomic E-state index is 13.3. The molecule has 0 aliphatic carbocycles. The van der Waals surface area contributed by atoms with E-state index in [1.54, 1.807) is 13.0 Å². The normalized spacial score (nSPS) is 10.2. The molecule has 21 heavy (non-hydrogen) atoms. The minimum absolute atomic E-state index is 0.105. The van der Waals surface area contributed by atoms with Crippen LogP contribution < -0.4 is 5.32 Å². The van der Waals surface area contributed by atoms with Crippen molar-refractivity contribution >= 4 is 33.5 Å². The molecule has 0 saturated heterocycles. The molecule has 0 aliphatic rings. The third-order valence-corrected chi connectivity index (χ3v) is 3.39. The van der Waals surface area contributed by atoms with Gasteiger partial charge in [0.25, 0.3) is 5.91 Å². The Morgan fingerprint density at radius 2 is 1.95 bits per heavy atom. The molecule has 0 atom stereocenters. The number of rotatable bonds is 3. The zero-order valence-electron chi connectivity index (χ0n) is 11.0. The number of nitrogens with one attached hydrogen (secondary N) is 1. The largest absolute Gasteiger partial charge is 0.478 e. The van der Waals surface area contributed by atoms with Crippen LogP contribution in [0.2, 0.25) is 0 Å². The fourth-order valence-corrected chi connectivity index (χ4v) is 2.35. The average Bonchev–Trinajstić information content (AvgIpc) is 2.39. The van der Waals surface area contributed by atoms with Gasteiger partial charge in [-0.2, -0.15) is 0 Å². The van der Waals surface area contributed by atoms with Crippen LogP contribution in [0.15, 0.2) is 40.9 Å². The van der Waals surface area contributed by atoms with E-state index in [4.69, 9.17) is 5.11 Å². The standard InChI is InChI=1S/C15H11BrFNO3/c1-8-12(15(20)21)3-2-4-13(8)18-14(19)9-5-10(16)7-11(17)6-9/h2-7H,1H3,(H,18,19)(H,20,21). The Morgan fingerprint density at radius 1 is 1.24 bits per heavy atom. The molecule has 2 N–H and O–H groups in total.